The van der Waals surface area contributed by atoms with Crippen molar-refractivity contribution in [3.8, 4) is 5.75 Å². The van der Waals surface area contributed by atoms with Crippen molar-refractivity contribution in [1.82, 2.24) is 0 Å². The maximum Gasteiger partial charge on any atom is 0.136 e. The second-order valence-electron chi connectivity index (χ2n) is 5.27. The molecule has 4 heteroatoms. The monoisotopic (exact) mass is 318 g/mol. The summed E-state index contributed by atoms with van der Waals surface area (Å²) in [6.45, 7) is 1.51. The van der Waals surface area contributed by atoms with Gasteiger partial charge in [-0.3, -0.25) is 4.79 Å². The zero-order valence-corrected chi connectivity index (χ0v) is 13.4. The minimum Gasteiger partial charge on any atom is -0.497 e. The van der Waals surface area contributed by atoms with E-state index in [9.17, 15) is 9.90 Å². The smallest absolute Gasteiger partial charge is 0.136 e. The molecule has 2 aromatic rings. The van der Waals surface area contributed by atoms with E-state index in [-0.39, 0.29) is 5.78 Å². The van der Waals surface area contributed by atoms with Gasteiger partial charge in [0.15, 0.2) is 0 Å². The summed E-state index contributed by atoms with van der Waals surface area (Å²) >= 11 is 5.86. The van der Waals surface area contributed by atoms with Gasteiger partial charge >= 0.3 is 0 Å². The molecule has 0 amide bonds. The Labute approximate surface area is 135 Å². The topological polar surface area (TPSA) is 46.5 Å². The van der Waals surface area contributed by atoms with Gasteiger partial charge in [-0.2, -0.15) is 0 Å². The molecule has 0 aliphatic heterocycles. The summed E-state index contributed by atoms with van der Waals surface area (Å²) in [5.41, 5.74) is 1.67. The van der Waals surface area contributed by atoms with E-state index in [1.165, 1.54) is 6.92 Å². The third-order valence-electron chi connectivity index (χ3n) is 3.73. The van der Waals surface area contributed by atoms with Gasteiger partial charge in [0.1, 0.15) is 11.5 Å². The van der Waals surface area contributed by atoms with E-state index in [0.717, 1.165) is 11.3 Å². The maximum atomic E-state index is 11.9. The van der Waals surface area contributed by atoms with E-state index in [0.29, 0.717) is 17.0 Å². The number of ketones is 1. The summed E-state index contributed by atoms with van der Waals surface area (Å²) in [5.74, 6) is 0.231. The number of ether oxygens (including phenoxy) is 1. The largest absolute Gasteiger partial charge is 0.497 e. The van der Waals surface area contributed by atoms with Crippen LogP contribution in [0.25, 0.3) is 0 Å². The SMILES string of the molecule is COc1ccc(CC(C(C)=O)C(O)c2ccc(Cl)cc2)cc1. The first-order valence-corrected chi connectivity index (χ1v) is 7.46. The maximum absolute atomic E-state index is 11.9. The van der Waals surface area contributed by atoms with Crippen LogP contribution in [0.15, 0.2) is 48.5 Å². The second-order valence-corrected chi connectivity index (χ2v) is 5.70. The third-order valence-corrected chi connectivity index (χ3v) is 3.98. The highest BCUT2D eigenvalue weighted by molar-refractivity contribution is 6.30. The van der Waals surface area contributed by atoms with Crippen molar-refractivity contribution in [1.29, 1.82) is 0 Å². The number of carbonyl (C=O) groups is 1. The minimum absolute atomic E-state index is 0.0433. The Morgan fingerprint density at radius 1 is 1.14 bits per heavy atom. The fourth-order valence-electron chi connectivity index (χ4n) is 2.39. The Balaban J connectivity index is 2.18. The molecular formula is C18H19ClO3. The van der Waals surface area contributed by atoms with Crippen LogP contribution in [0, 0.1) is 5.92 Å². The summed E-state index contributed by atoms with van der Waals surface area (Å²) in [4.78, 5) is 11.9. The highest BCUT2D eigenvalue weighted by Gasteiger charge is 2.25. The van der Waals surface area contributed by atoms with Gasteiger partial charge in [0.2, 0.25) is 0 Å². The van der Waals surface area contributed by atoms with Crippen LogP contribution in [0.1, 0.15) is 24.2 Å². The summed E-state index contributed by atoms with van der Waals surface area (Å²) in [6, 6.07) is 14.4. The number of aliphatic hydroxyl groups excluding tert-OH is 1. The predicted octanol–water partition coefficient (Wildman–Crippen LogP) is 3.83. The molecule has 2 atom stereocenters. The zero-order valence-electron chi connectivity index (χ0n) is 12.6. The second kappa shape index (κ2) is 7.43. The lowest BCUT2D eigenvalue weighted by Gasteiger charge is -2.21. The van der Waals surface area contributed by atoms with Gasteiger partial charge in [-0.25, -0.2) is 0 Å². The number of carbonyl (C=O) groups excluding carboxylic acids is 1. The first-order valence-electron chi connectivity index (χ1n) is 7.08. The van der Waals surface area contributed by atoms with Crippen LogP contribution in [-0.4, -0.2) is 18.0 Å². The molecular weight excluding hydrogens is 300 g/mol. The Morgan fingerprint density at radius 3 is 2.23 bits per heavy atom. The Morgan fingerprint density at radius 2 is 1.73 bits per heavy atom. The van der Waals surface area contributed by atoms with Crippen molar-refractivity contribution in [3.05, 3.63) is 64.7 Å². The Bertz CT molecular complexity index is 620. The summed E-state index contributed by atoms with van der Waals surface area (Å²) in [5, 5.41) is 11.1. The first kappa shape index (κ1) is 16.5. The summed E-state index contributed by atoms with van der Waals surface area (Å²) in [6.07, 6.45) is -0.375. The van der Waals surface area contributed by atoms with Crippen molar-refractivity contribution < 1.29 is 14.6 Å². The number of methoxy groups -OCH3 is 1. The predicted molar refractivity (Wildman–Crippen MR) is 87.3 cm³/mol. The van der Waals surface area contributed by atoms with Crippen molar-refractivity contribution in [2.75, 3.05) is 7.11 Å². The van der Waals surface area contributed by atoms with Gasteiger partial charge < -0.3 is 9.84 Å². The minimum atomic E-state index is -0.850. The van der Waals surface area contributed by atoms with Gasteiger partial charge in [-0.15, -0.1) is 0 Å². The van der Waals surface area contributed by atoms with Gasteiger partial charge in [0, 0.05) is 5.02 Å². The molecule has 0 heterocycles. The van der Waals surface area contributed by atoms with Gasteiger partial charge in [0.05, 0.1) is 19.1 Å². The molecule has 2 aromatic carbocycles. The normalized spacial score (nSPS) is 13.5. The molecule has 0 saturated heterocycles. The van der Waals surface area contributed by atoms with Crippen molar-refractivity contribution in [2.45, 2.75) is 19.4 Å². The molecule has 0 aromatic heterocycles. The number of Topliss-reactive ketones (excluding diaryl/α,β-unsaturated/α-hetero) is 1. The number of benzene rings is 2. The Kier molecular flexibility index (Phi) is 5.58. The zero-order chi connectivity index (χ0) is 16.1. The van der Waals surface area contributed by atoms with Crippen LogP contribution in [-0.2, 0) is 11.2 Å². The average Bonchev–Trinajstić information content (AvgIpc) is 2.53. The van der Waals surface area contributed by atoms with Gasteiger partial charge in [-0.05, 0) is 48.7 Å². The number of rotatable bonds is 6. The highest BCUT2D eigenvalue weighted by Crippen LogP contribution is 2.27. The first-order chi connectivity index (χ1) is 10.5. The molecule has 116 valence electrons. The molecule has 22 heavy (non-hydrogen) atoms. The highest BCUT2D eigenvalue weighted by atomic mass is 35.5. The van der Waals surface area contributed by atoms with Crippen LogP contribution in [0.2, 0.25) is 5.02 Å². The van der Waals surface area contributed by atoms with E-state index in [1.54, 1.807) is 31.4 Å². The third kappa shape index (κ3) is 4.09. The van der Waals surface area contributed by atoms with Crippen molar-refractivity contribution in [3.63, 3.8) is 0 Å². The molecule has 2 unspecified atom stereocenters. The average molecular weight is 319 g/mol. The molecule has 0 aliphatic carbocycles. The van der Waals surface area contributed by atoms with Crippen molar-refractivity contribution >= 4 is 17.4 Å². The molecule has 0 spiro atoms. The number of halogens is 1. The fourth-order valence-corrected chi connectivity index (χ4v) is 2.51. The summed E-state index contributed by atoms with van der Waals surface area (Å²) in [7, 11) is 1.61. The molecule has 0 fully saturated rings. The summed E-state index contributed by atoms with van der Waals surface area (Å²) < 4.78 is 5.12. The molecule has 0 bridgehead atoms. The number of aliphatic hydroxyl groups is 1. The van der Waals surface area contributed by atoms with Crippen LogP contribution >= 0.6 is 11.6 Å². The number of hydrogen-bond acceptors (Lipinski definition) is 3. The van der Waals surface area contributed by atoms with E-state index >= 15 is 0 Å². The lowest BCUT2D eigenvalue weighted by Crippen LogP contribution is -2.22. The Hall–Kier alpha value is -1.84. The molecule has 0 saturated carbocycles. The van der Waals surface area contributed by atoms with E-state index in [2.05, 4.69) is 0 Å². The van der Waals surface area contributed by atoms with Crippen LogP contribution < -0.4 is 4.74 Å². The van der Waals surface area contributed by atoms with E-state index in [1.807, 2.05) is 24.3 Å². The molecule has 1 N–H and O–H groups in total. The van der Waals surface area contributed by atoms with Crippen LogP contribution in [0.3, 0.4) is 0 Å². The standard InChI is InChI=1S/C18H19ClO3/c1-12(20)17(11-13-3-9-16(22-2)10-4-13)18(21)14-5-7-15(19)8-6-14/h3-10,17-18,21H,11H2,1-2H3. The van der Waals surface area contributed by atoms with Crippen LogP contribution in [0.5, 0.6) is 5.75 Å². The van der Waals surface area contributed by atoms with E-state index in [4.69, 9.17) is 16.3 Å². The fraction of sp³-hybridized carbons (Fsp3) is 0.278. The molecule has 0 aliphatic rings. The lowest BCUT2D eigenvalue weighted by molar-refractivity contribution is -0.124. The van der Waals surface area contributed by atoms with E-state index < -0.39 is 12.0 Å². The van der Waals surface area contributed by atoms with Crippen LogP contribution in [0.4, 0.5) is 0 Å². The molecule has 0 radical (unpaired) electrons. The quantitative estimate of drug-likeness (QED) is 0.880. The lowest BCUT2D eigenvalue weighted by atomic mass is 9.87. The molecule has 3 nitrogen and oxygen atoms in total. The molecule has 2 rings (SSSR count). The van der Waals surface area contributed by atoms with Gasteiger partial charge in [0.25, 0.3) is 0 Å². The van der Waals surface area contributed by atoms with Crippen molar-refractivity contribution in [2.24, 2.45) is 5.92 Å². The van der Waals surface area contributed by atoms with Gasteiger partial charge in [-0.1, -0.05) is 35.9 Å². The number of hydrogen-bond donors (Lipinski definition) is 1.